The van der Waals surface area contributed by atoms with Gasteiger partial charge in [0.1, 0.15) is 0 Å². The van der Waals surface area contributed by atoms with Crippen LogP contribution in [0.5, 0.6) is 0 Å². The Morgan fingerprint density at radius 1 is 1.22 bits per heavy atom. The summed E-state index contributed by atoms with van der Waals surface area (Å²) in [6.45, 7) is 0.731. The summed E-state index contributed by atoms with van der Waals surface area (Å²) in [5.74, 6) is 0. The van der Waals surface area contributed by atoms with Crippen LogP contribution in [0, 0.1) is 0 Å². The summed E-state index contributed by atoms with van der Waals surface area (Å²) in [4.78, 5) is 0. The first kappa shape index (κ1) is 6.81. The number of rotatable bonds is 1. The van der Waals surface area contributed by atoms with Gasteiger partial charge < -0.3 is 5.73 Å². The lowest BCUT2D eigenvalue weighted by Gasteiger charge is -2.12. The fraction of sp³-hybridized carbons (Fsp3) is 0.750. The van der Waals surface area contributed by atoms with Crippen LogP contribution in [0.3, 0.4) is 0 Å². The maximum absolute atomic E-state index is 5.38. The molecule has 0 heterocycles. The summed E-state index contributed by atoms with van der Waals surface area (Å²) in [6, 6.07) is 0. The highest BCUT2D eigenvalue weighted by Crippen LogP contribution is 2.21. The Morgan fingerprint density at radius 2 is 1.89 bits per heavy atom. The van der Waals surface area contributed by atoms with E-state index in [1.54, 1.807) is 5.57 Å². The molecule has 1 heteroatoms. The molecule has 1 aliphatic carbocycles. The zero-order valence-corrected chi connectivity index (χ0v) is 5.90. The molecule has 0 aromatic carbocycles. The molecule has 1 rings (SSSR count). The van der Waals surface area contributed by atoms with Crippen molar-refractivity contribution < 1.29 is 0 Å². The van der Waals surface area contributed by atoms with Crippen LogP contribution in [0.1, 0.15) is 32.1 Å². The van der Waals surface area contributed by atoms with Gasteiger partial charge in [-0.1, -0.05) is 18.1 Å². The van der Waals surface area contributed by atoms with Gasteiger partial charge in [-0.25, -0.2) is 0 Å². The molecule has 1 fully saturated rings. The van der Waals surface area contributed by atoms with E-state index >= 15 is 0 Å². The molecule has 2 N–H and O–H groups in total. The molecule has 9 heavy (non-hydrogen) atoms. The van der Waals surface area contributed by atoms with Crippen LogP contribution in [0.4, 0.5) is 0 Å². The highest BCUT2D eigenvalue weighted by Gasteiger charge is 2.02. The second-order valence-electron chi connectivity index (χ2n) is 2.66. The van der Waals surface area contributed by atoms with Crippen LogP contribution >= 0.6 is 0 Å². The standard InChI is InChI=1S/C8H15N/c9-7-6-8-4-2-1-3-5-8/h6H,1-5,7,9H2. The Balaban J connectivity index is 2.30. The molecular formula is C8H15N. The zero-order valence-electron chi connectivity index (χ0n) is 5.90. The van der Waals surface area contributed by atoms with Crippen LogP contribution < -0.4 is 5.73 Å². The molecule has 0 aromatic heterocycles. The fourth-order valence-corrected chi connectivity index (χ4v) is 1.38. The van der Waals surface area contributed by atoms with Crippen molar-refractivity contribution in [3.8, 4) is 0 Å². The Kier molecular flexibility index (Phi) is 2.78. The van der Waals surface area contributed by atoms with E-state index in [4.69, 9.17) is 5.73 Å². The zero-order chi connectivity index (χ0) is 6.53. The summed E-state index contributed by atoms with van der Waals surface area (Å²) in [5, 5.41) is 0. The first-order valence-electron chi connectivity index (χ1n) is 3.81. The monoisotopic (exact) mass is 125 g/mol. The average Bonchev–Trinajstić information content (AvgIpc) is 1.91. The quantitative estimate of drug-likeness (QED) is 0.532. The van der Waals surface area contributed by atoms with Crippen LogP contribution in [-0.2, 0) is 0 Å². The molecule has 1 nitrogen and oxygen atoms in total. The topological polar surface area (TPSA) is 26.0 Å². The number of hydrogen-bond donors (Lipinski definition) is 1. The Hall–Kier alpha value is -0.300. The second-order valence-corrected chi connectivity index (χ2v) is 2.66. The van der Waals surface area contributed by atoms with E-state index < -0.39 is 0 Å². The van der Waals surface area contributed by atoms with Crippen LogP contribution in [-0.4, -0.2) is 6.54 Å². The normalized spacial score (nSPS) is 19.9. The van der Waals surface area contributed by atoms with Gasteiger partial charge in [0, 0.05) is 6.54 Å². The highest BCUT2D eigenvalue weighted by molar-refractivity contribution is 5.04. The van der Waals surface area contributed by atoms with Gasteiger partial charge in [0.15, 0.2) is 0 Å². The third kappa shape index (κ3) is 2.19. The van der Waals surface area contributed by atoms with Crippen molar-refractivity contribution in [1.82, 2.24) is 0 Å². The van der Waals surface area contributed by atoms with Crippen molar-refractivity contribution in [1.29, 1.82) is 0 Å². The van der Waals surface area contributed by atoms with Crippen LogP contribution in [0.15, 0.2) is 11.6 Å². The van der Waals surface area contributed by atoms with Crippen molar-refractivity contribution in [3.05, 3.63) is 11.6 Å². The lowest BCUT2D eigenvalue weighted by molar-refractivity contribution is 0.597. The van der Waals surface area contributed by atoms with Gasteiger partial charge in [-0.05, 0) is 25.7 Å². The van der Waals surface area contributed by atoms with Crippen molar-refractivity contribution in [2.75, 3.05) is 6.54 Å². The maximum Gasteiger partial charge on any atom is 0.0109 e. The SMILES string of the molecule is NCC=C1CCCCC1. The molecule has 0 atom stereocenters. The number of allylic oxidation sites excluding steroid dienone is 1. The van der Waals surface area contributed by atoms with E-state index in [-0.39, 0.29) is 0 Å². The Bertz CT molecular complexity index is 97.1. The van der Waals surface area contributed by atoms with E-state index in [2.05, 4.69) is 6.08 Å². The molecule has 0 amide bonds. The summed E-state index contributed by atoms with van der Waals surface area (Å²) >= 11 is 0. The van der Waals surface area contributed by atoms with E-state index in [1.807, 2.05) is 0 Å². The number of hydrogen-bond acceptors (Lipinski definition) is 1. The minimum atomic E-state index is 0.731. The molecule has 52 valence electrons. The molecular weight excluding hydrogens is 110 g/mol. The van der Waals surface area contributed by atoms with Crippen molar-refractivity contribution in [2.24, 2.45) is 5.73 Å². The molecule has 0 aromatic rings. The maximum atomic E-state index is 5.38. The lowest BCUT2D eigenvalue weighted by atomic mass is 9.95. The third-order valence-electron chi connectivity index (χ3n) is 1.90. The van der Waals surface area contributed by atoms with Gasteiger partial charge in [-0.3, -0.25) is 0 Å². The van der Waals surface area contributed by atoms with Crippen LogP contribution in [0.2, 0.25) is 0 Å². The first-order chi connectivity index (χ1) is 4.43. The Labute approximate surface area is 56.9 Å². The molecule has 0 unspecified atom stereocenters. The summed E-state index contributed by atoms with van der Waals surface area (Å²) < 4.78 is 0. The predicted octanol–water partition coefficient (Wildman–Crippen LogP) is 1.84. The van der Waals surface area contributed by atoms with Gasteiger partial charge in [0.25, 0.3) is 0 Å². The molecule has 0 saturated heterocycles. The minimum absolute atomic E-state index is 0.731. The molecule has 1 aliphatic rings. The molecule has 0 bridgehead atoms. The largest absolute Gasteiger partial charge is 0.327 e. The van der Waals surface area contributed by atoms with Gasteiger partial charge in [0.2, 0.25) is 0 Å². The van der Waals surface area contributed by atoms with E-state index in [9.17, 15) is 0 Å². The second kappa shape index (κ2) is 3.67. The molecule has 0 radical (unpaired) electrons. The third-order valence-corrected chi connectivity index (χ3v) is 1.90. The fourth-order valence-electron chi connectivity index (χ4n) is 1.38. The summed E-state index contributed by atoms with van der Waals surface area (Å²) in [7, 11) is 0. The van der Waals surface area contributed by atoms with E-state index in [1.165, 1.54) is 32.1 Å². The van der Waals surface area contributed by atoms with Crippen LogP contribution in [0.25, 0.3) is 0 Å². The number of nitrogens with two attached hydrogens (primary N) is 1. The molecule has 1 saturated carbocycles. The molecule has 0 aliphatic heterocycles. The Morgan fingerprint density at radius 3 is 2.44 bits per heavy atom. The van der Waals surface area contributed by atoms with Gasteiger partial charge >= 0.3 is 0 Å². The smallest absolute Gasteiger partial charge is 0.0109 e. The first-order valence-corrected chi connectivity index (χ1v) is 3.81. The van der Waals surface area contributed by atoms with E-state index in [0.717, 1.165) is 6.54 Å². The van der Waals surface area contributed by atoms with Crippen molar-refractivity contribution in [2.45, 2.75) is 32.1 Å². The minimum Gasteiger partial charge on any atom is -0.327 e. The molecule has 0 spiro atoms. The van der Waals surface area contributed by atoms with Gasteiger partial charge in [-0.15, -0.1) is 0 Å². The van der Waals surface area contributed by atoms with Gasteiger partial charge in [0.05, 0.1) is 0 Å². The van der Waals surface area contributed by atoms with Crippen molar-refractivity contribution >= 4 is 0 Å². The van der Waals surface area contributed by atoms with Crippen molar-refractivity contribution in [3.63, 3.8) is 0 Å². The predicted molar refractivity (Wildman–Crippen MR) is 40.2 cm³/mol. The van der Waals surface area contributed by atoms with E-state index in [0.29, 0.717) is 0 Å². The summed E-state index contributed by atoms with van der Waals surface area (Å²) in [5.41, 5.74) is 6.97. The lowest BCUT2D eigenvalue weighted by Crippen LogP contribution is -1.99. The summed E-state index contributed by atoms with van der Waals surface area (Å²) in [6.07, 6.45) is 8.97. The highest BCUT2D eigenvalue weighted by atomic mass is 14.5. The van der Waals surface area contributed by atoms with Gasteiger partial charge in [-0.2, -0.15) is 0 Å². The average molecular weight is 125 g/mol.